The number of rotatable bonds is 6. The quantitative estimate of drug-likeness (QED) is 0.479. The fourth-order valence-electron chi connectivity index (χ4n) is 3.71. The van der Waals surface area contributed by atoms with Gasteiger partial charge in [-0.2, -0.15) is 9.97 Å². The van der Waals surface area contributed by atoms with Crippen LogP contribution >= 0.6 is 0 Å². The third kappa shape index (κ3) is 3.35. The fraction of sp³-hybridized carbons (Fsp3) is 0.182. The van der Waals surface area contributed by atoms with Crippen LogP contribution in [0.15, 0.2) is 42.5 Å². The van der Waals surface area contributed by atoms with Gasteiger partial charge in [-0.05, 0) is 29.8 Å². The lowest BCUT2D eigenvalue weighted by molar-refractivity contribution is 0.100. The summed E-state index contributed by atoms with van der Waals surface area (Å²) < 4.78 is 26.3. The van der Waals surface area contributed by atoms with Gasteiger partial charge in [-0.1, -0.05) is 18.2 Å². The molecule has 10 heteroatoms. The van der Waals surface area contributed by atoms with Gasteiger partial charge in [0.15, 0.2) is 11.6 Å². The van der Waals surface area contributed by atoms with Crippen molar-refractivity contribution in [3.05, 3.63) is 65.1 Å². The van der Waals surface area contributed by atoms with Crippen molar-refractivity contribution < 1.29 is 18.7 Å². The maximum Gasteiger partial charge on any atom is 0.304 e. The van der Waals surface area contributed by atoms with Gasteiger partial charge in [-0.3, -0.25) is 4.79 Å². The van der Waals surface area contributed by atoms with E-state index in [0.717, 1.165) is 11.3 Å². The maximum atomic E-state index is 13.5. The van der Waals surface area contributed by atoms with Gasteiger partial charge in [-0.25, -0.2) is 13.9 Å². The molecule has 4 aromatic rings. The highest BCUT2D eigenvalue weighted by molar-refractivity contribution is 6.04. The predicted octanol–water partition coefficient (Wildman–Crippen LogP) is 2.61. The number of fused-ring (bicyclic) bond motifs is 2. The summed E-state index contributed by atoms with van der Waals surface area (Å²) >= 11 is 0. The van der Waals surface area contributed by atoms with Crippen LogP contribution in [0, 0.1) is 5.82 Å². The highest BCUT2D eigenvalue weighted by Gasteiger charge is 2.25. The standard InChI is InChI=1S/C22H19FN6O3/c1-31-22-27-17-14(19(24)30)6-3-7-16(17)29(22)21-26-15-8-9-32-18(15)20(28-21)25-11-12-4-2-5-13(23)10-12/h2-7,10H,8-9,11H2,1H3,(H2,24,30)(H,25,26,28). The molecule has 0 saturated carbocycles. The van der Waals surface area contributed by atoms with E-state index in [0.29, 0.717) is 48.1 Å². The van der Waals surface area contributed by atoms with Crippen LogP contribution in [0.5, 0.6) is 11.8 Å². The Bertz CT molecular complexity index is 1350. The molecule has 0 spiro atoms. The summed E-state index contributed by atoms with van der Waals surface area (Å²) in [7, 11) is 1.47. The Morgan fingerprint density at radius 3 is 2.88 bits per heavy atom. The maximum absolute atomic E-state index is 13.5. The lowest BCUT2D eigenvalue weighted by atomic mass is 10.2. The first-order valence-corrected chi connectivity index (χ1v) is 9.93. The number of nitrogens with one attached hydrogen (secondary N) is 1. The second-order valence-corrected chi connectivity index (χ2v) is 7.20. The van der Waals surface area contributed by atoms with Gasteiger partial charge in [0.05, 0.1) is 30.5 Å². The molecular formula is C22H19FN6O3. The van der Waals surface area contributed by atoms with Crippen molar-refractivity contribution in [2.75, 3.05) is 19.0 Å². The van der Waals surface area contributed by atoms with Crippen LogP contribution in [-0.2, 0) is 13.0 Å². The van der Waals surface area contributed by atoms with E-state index in [2.05, 4.69) is 20.3 Å². The van der Waals surface area contributed by atoms with Gasteiger partial charge < -0.3 is 20.5 Å². The number of nitrogens with two attached hydrogens (primary N) is 1. The van der Waals surface area contributed by atoms with E-state index in [1.165, 1.54) is 19.2 Å². The van der Waals surface area contributed by atoms with Crippen molar-refractivity contribution in [1.82, 2.24) is 19.5 Å². The van der Waals surface area contributed by atoms with Crippen LogP contribution < -0.4 is 20.5 Å². The van der Waals surface area contributed by atoms with Crippen molar-refractivity contribution in [1.29, 1.82) is 0 Å². The summed E-state index contributed by atoms with van der Waals surface area (Å²) in [5.74, 6) is 0.433. The molecule has 9 nitrogen and oxygen atoms in total. The number of methoxy groups -OCH3 is 1. The van der Waals surface area contributed by atoms with Gasteiger partial charge in [0, 0.05) is 13.0 Å². The number of hydrogen-bond acceptors (Lipinski definition) is 7. The van der Waals surface area contributed by atoms with Gasteiger partial charge in [0.2, 0.25) is 5.95 Å². The Hall–Kier alpha value is -4.21. The van der Waals surface area contributed by atoms with Gasteiger partial charge in [0.1, 0.15) is 11.3 Å². The first kappa shape index (κ1) is 19.7. The normalized spacial score (nSPS) is 12.4. The van der Waals surface area contributed by atoms with Crippen molar-refractivity contribution >= 4 is 22.8 Å². The first-order chi connectivity index (χ1) is 15.5. The van der Waals surface area contributed by atoms with Crippen LogP contribution in [0.4, 0.5) is 10.2 Å². The molecule has 0 unspecified atom stereocenters. The molecule has 162 valence electrons. The lowest BCUT2D eigenvalue weighted by Gasteiger charge is -2.13. The molecule has 0 bridgehead atoms. The summed E-state index contributed by atoms with van der Waals surface area (Å²) in [6, 6.07) is 11.6. The molecule has 3 N–H and O–H groups in total. The number of carbonyl (C=O) groups is 1. The zero-order valence-corrected chi connectivity index (χ0v) is 17.1. The number of hydrogen-bond donors (Lipinski definition) is 2. The molecule has 0 aliphatic carbocycles. The van der Waals surface area contributed by atoms with E-state index in [9.17, 15) is 9.18 Å². The topological polar surface area (TPSA) is 117 Å². The monoisotopic (exact) mass is 434 g/mol. The summed E-state index contributed by atoms with van der Waals surface area (Å²) in [6.07, 6.45) is 0.612. The van der Waals surface area contributed by atoms with Crippen LogP contribution in [0.25, 0.3) is 17.0 Å². The van der Waals surface area contributed by atoms with Crippen LogP contribution in [0.1, 0.15) is 21.6 Å². The Balaban J connectivity index is 1.62. The third-order valence-corrected chi connectivity index (χ3v) is 5.16. The number of primary amides is 1. The number of anilines is 1. The second-order valence-electron chi connectivity index (χ2n) is 7.20. The highest BCUT2D eigenvalue weighted by Crippen LogP contribution is 2.34. The minimum atomic E-state index is -0.594. The zero-order chi connectivity index (χ0) is 22.2. The summed E-state index contributed by atoms with van der Waals surface area (Å²) in [5, 5.41) is 3.21. The van der Waals surface area contributed by atoms with E-state index < -0.39 is 5.91 Å². The van der Waals surface area contributed by atoms with Crippen molar-refractivity contribution in [2.45, 2.75) is 13.0 Å². The zero-order valence-electron chi connectivity index (χ0n) is 17.1. The van der Waals surface area contributed by atoms with E-state index >= 15 is 0 Å². The molecular weight excluding hydrogens is 415 g/mol. The lowest BCUT2D eigenvalue weighted by Crippen LogP contribution is -2.11. The minimum Gasteiger partial charge on any atom is -0.487 e. The average molecular weight is 434 g/mol. The Labute approximate surface area is 182 Å². The number of imidazole rings is 1. The predicted molar refractivity (Wildman–Crippen MR) is 115 cm³/mol. The SMILES string of the molecule is COc1nc2c(C(N)=O)cccc2n1-c1nc2c(c(NCc3cccc(F)c3)n1)OCC2. The molecule has 1 aliphatic rings. The molecule has 1 aliphatic heterocycles. The number of carbonyl (C=O) groups excluding carboxylic acids is 1. The highest BCUT2D eigenvalue weighted by atomic mass is 19.1. The van der Waals surface area contributed by atoms with E-state index in [-0.39, 0.29) is 17.4 Å². The van der Waals surface area contributed by atoms with Gasteiger partial charge in [-0.15, -0.1) is 0 Å². The first-order valence-electron chi connectivity index (χ1n) is 9.93. The van der Waals surface area contributed by atoms with E-state index in [4.69, 9.17) is 15.2 Å². The van der Waals surface area contributed by atoms with Crippen molar-refractivity contribution in [3.63, 3.8) is 0 Å². The number of para-hydroxylation sites is 1. The van der Waals surface area contributed by atoms with Crippen molar-refractivity contribution in [2.24, 2.45) is 5.73 Å². The molecule has 32 heavy (non-hydrogen) atoms. The Morgan fingerprint density at radius 1 is 1.25 bits per heavy atom. The molecule has 5 rings (SSSR count). The molecule has 1 amide bonds. The Kier molecular flexibility index (Phi) is 4.81. The molecule has 2 aromatic carbocycles. The molecule has 2 aromatic heterocycles. The average Bonchev–Trinajstić information content (AvgIpc) is 3.41. The molecule has 0 atom stereocenters. The number of aromatic nitrogens is 4. The number of nitrogens with zero attached hydrogens (tertiary/aromatic N) is 4. The second kappa shape index (κ2) is 7.80. The number of halogens is 1. The largest absolute Gasteiger partial charge is 0.487 e. The van der Waals surface area contributed by atoms with Gasteiger partial charge >= 0.3 is 6.01 Å². The van der Waals surface area contributed by atoms with Crippen LogP contribution in [0.3, 0.4) is 0 Å². The fourth-order valence-corrected chi connectivity index (χ4v) is 3.71. The minimum absolute atomic E-state index is 0.212. The van der Waals surface area contributed by atoms with E-state index in [1.54, 1.807) is 28.8 Å². The Morgan fingerprint density at radius 2 is 2.09 bits per heavy atom. The summed E-state index contributed by atoms with van der Waals surface area (Å²) in [5.41, 5.74) is 8.24. The van der Waals surface area contributed by atoms with Crippen molar-refractivity contribution in [3.8, 4) is 17.7 Å². The third-order valence-electron chi connectivity index (χ3n) is 5.16. The molecule has 0 radical (unpaired) electrons. The summed E-state index contributed by atoms with van der Waals surface area (Å²) in [6.45, 7) is 0.827. The smallest absolute Gasteiger partial charge is 0.304 e. The number of amides is 1. The van der Waals surface area contributed by atoms with Crippen LogP contribution in [0.2, 0.25) is 0 Å². The number of benzene rings is 2. The van der Waals surface area contributed by atoms with Gasteiger partial charge in [0.25, 0.3) is 5.91 Å². The number of ether oxygens (including phenoxy) is 2. The molecule has 0 saturated heterocycles. The van der Waals surface area contributed by atoms with E-state index in [1.807, 2.05) is 6.07 Å². The molecule has 0 fully saturated rings. The molecule has 3 heterocycles. The van der Waals surface area contributed by atoms with Crippen LogP contribution in [-0.4, -0.2) is 39.1 Å². The summed E-state index contributed by atoms with van der Waals surface area (Å²) in [4.78, 5) is 25.6.